The molecule has 0 spiro atoms. The number of nitrogens with two attached hydrogens (primary N) is 1. The fraction of sp³-hybridized carbons (Fsp3) is 1.00. The molecule has 2 N–H and O–H groups in total. The molecule has 3 heteroatoms. The van der Waals surface area contributed by atoms with Crippen LogP contribution in [0.5, 0.6) is 0 Å². The fourth-order valence-electron chi connectivity index (χ4n) is 4.04. The first-order valence-electron chi connectivity index (χ1n) is 7.92. The Kier molecular flexibility index (Phi) is 4.29. The molecule has 0 amide bonds. The van der Waals surface area contributed by atoms with Crippen LogP contribution >= 0.6 is 0 Å². The molecule has 0 bridgehead atoms. The van der Waals surface area contributed by atoms with Gasteiger partial charge in [0.05, 0.1) is 0 Å². The minimum Gasteiger partial charge on any atom is -0.326 e. The van der Waals surface area contributed by atoms with Gasteiger partial charge in [-0.3, -0.25) is 0 Å². The minimum absolute atomic E-state index is 0.294. The Hall–Kier alpha value is -0.120. The summed E-state index contributed by atoms with van der Waals surface area (Å²) in [5.41, 5.74) is 7.26. The lowest BCUT2D eigenvalue weighted by Crippen LogP contribution is -2.62. The number of hydrogen-bond donors (Lipinski definition) is 1. The van der Waals surface area contributed by atoms with Crippen molar-refractivity contribution in [3.63, 3.8) is 0 Å². The molecule has 2 rings (SSSR count). The van der Waals surface area contributed by atoms with Gasteiger partial charge >= 0.3 is 0 Å². The number of hydrogen-bond acceptors (Lipinski definition) is 3. The van der Waals surface area contributed by atoms with E-state index in [-0.39, 0.29) is 0 Å². The molecule has 2 atom stereocenters. The smallest absolute Gasteiger partial charge is 0.0330 e. The summed E-state index contributed by atoms with van der Waals surface area (Å²) in [5.74, 6) is 0. The highest BCUT2D eigenvalue weighted by Gasteiger charge is 2.44. The molecule has 0 aromatic carbocycles. The molecule has 0 saturated heterocycles. The summed E-state index contributed by atoms with van der Waals surface area (Å²) in [6.07, 6.45) is 7.94. The van der Waals surface area contributed by atoms with Gasteiger partial charge in [-0.1, -0.05) is 20.3 Å². The zero-order valence-electron chi connectivity index (χ0n) is 13.6. The van der Waals surface area contributed by atoms with Crippen molar-refractivity contribution < 1.29 is 0 Å². The summed E-state index contributed by atoms with van der Waals surface area (Å²) >= 11 is 0. The Labute approximate surface area is 119 Å². The standard InChI is InChI=1S/C16H33N3/c1-15(2)9-6-8-13(14(15)17)19(5)12-16(18(3)4)10-7-11-16/h13-14H,6-12,17H2,1-5H3. The van der Waals surface area contributed by atoms with Crippen molar-refractivity contribution in [2.45, 2.75) is 70.0 Å². The average molecular weight is 267 g/mol. The summed E-state index contributed by atoms with van der Waals surface area (Å²) in [6.45, 7) is 5.85. The van der Waals surface area contributed by atoms with Gasteiger partial charge in [0.2, 0.25) is 0 Å². The van der Waals surface area contributed by atoms with Crippen molar-refractivity contribution in [3.05, 3.63) is 0 Å². The molecule has 2 aliphatic carbocycles. The van der Waals surface area contributed by atoms with Crippen LogP contribution in [0.1, 0.15) is 52.4 Å². The third-order valence-electron chi connectivity index (χ3n) is 5.98. The molecule has 2 unspecified atom stereocenters. The second-order valence-electron chi connectivity index (χ2n) is 7.86. The first kappa shape index (κ1) is 15.3. The Bertz CT molecular complexity index is 307. The van der Waals surface area contributed by atoms with Gasteiger partial charge in [0.15, 0.2) is 0 Å². The average Bonchev–Trinajstić information content (AvgIpc) is 2.26. The van der Waals surface area contributed by atoms with Crippen LogP contribution < -0.4 is 5.73 Å². The van der Waals surface area contributed by atoms with E-state index in [2.05, 4.69) is 44.8 Å². The third-order valence-corrected chi connectivity index (χ3v) is 5.98. The van der Waals surface area contributed by atoms with E-state index in [1.165, 1.54) is 45.1 Å². The van der Waals surface area contributed by atoms with E-state index in [0.717, 1.165) is 0 Å². The molecule has 0 aromatic rings. The summed E-state index contributed by atoms with van der Waals surface area (Å²) < 4.78 is 0. The molecule has 2 saturated carbocycles. The van der Waals surface area contributed by atoms with E-state index >= 15 is 0 Å². The molecular weight excluding hydrogens is 234 g/mol. The number of nitrogens with zero attached hydrogens (tertiary/aromatic N) is 2. The Morgan fingerprint density at radius 1 is 1.05 bits per heavy atom. The normalized spacial score (nSPS) is 33.5. The lowest BCUT2D eigenvalue weighted by Gasteiger charge is -2.53. The van der Waals surface area contributed by atoms with Gasteiger partial charge in [0.1, 0.15) is 0 Å². The van der Waals surface area contributed by atoms with E-state index in [9.17, 15) is 0 Å². The van der Waals surface area contributed by atoms with Crippen LogP contribution in [0, 0.1) is 5.41 Å². The second kappa shape index (κ2) is 5.34. The lowest BCUT2D eigenvalue weighted by atomic mass is 9.70. The molecule has 2 fully saturated rings. The quantitative estimate of drug-likeness (QED) is 0.848. The van der Waals surface area contributed by atoms with Crippen LogP contribution in [0.25, 0.3) is 0 Å². The van der Waals surface area contributed by atoms with Crippen LogP contribution in [0.2, 0.25) is 0 Å². The van der Waals surface area contributed by atoms with Crippen molar-refractivity contribution in [2.24, 2.45) is 11.1 Å². The van der Waals surface area contributed by atoms with Gasteiger partial charge in [-0.25, -0.2) is 0 Å². The van der Waals surface area contributed by atoms with E-state index < -0.39 is 0 Å². The number of likely N-dealkylation sites (N-methyl/N-ethyl adjacent to an activating group) is 2. The molecule has 0 radical (unpaired) electrons. The van der Waals surface area contributed by atoms with Gasteiger partial charge < -0.3 is 15.5 Å². The van der Waals surface area contributed by atoms with Crippen molar-refractivity contribution in [2.75, 3.05) is 27.7 Å². The van der Waals surface area contributed by atoms with E-state index in [0.29, 0.717) is 23.0 Å². The second-order valence-corrected chi connectivity index (χ2v) is 7.86. The van der Waals surface area contributed by atoms with Gasteiger partial charge in [-0.2, -0.15) is 0 Å². The van der Waals surface area contributed by atoms with E-state index in [4.69, 9.17) is 5.73 Å². The van der Waals surface area contributed by atoms with Crippen LogP contribution in [-0.4, -0.2) is 55.1 Å². The maximum atomic E-state index is 6.56. The summed E-state index contributed by atoms with van der Waals surface area (Å²) in [5, 5.41) is 0. The number of rotatable bonds is 4. The molecule has 0 aromatic heterocycles. The molecular formula is C16H33N3. The Morgan fingerprint density at radius 2 is 1.68 bits per heavy atom. The van der Waals surface area contributed by atoms with Crippen LogP contribution in [0.3, 0.4) is 0 Å². The van der Waals surface area contributed by atoms with Gasteiger partial charge in [-0.05, 0) is 58.7 Å². The van der Waals surface area contributed by atoms with Crippen molar-refractivity contribution in [1.29, 1.82) is 0 Å². The zero-order chi connectivity index (χ0) is 14.3. The minimum atomic E-state index is 0.294. The highest BCUT2D eigenvalue weighted by molar-refractivity contribution is 5.02. The summed E-state index contributed by atoms with van der Waals surface area (Å²) in [4.78, 5) is 5.00. The predicted molar refractivity (Wildman–Crippen MR) is 82.3 cm³/mol. The monoisotopic (exact) mass is 267 g/mol. The molecule has 19 heavy (non-hydrogen) atoms. The van der Waals surface area contributed by atoms with Crippen LogP contribution in [0.4, 0.5) is 0 Å². The molecule has 0 heterocycles. The van der Waals surface area contributed by atoms with Crippen LogP contribution in [-0.2, 0) is 0 Å². The fourth-order valence-corrected chi connectivity index (χ4v) is 4.04. The SMILES string of the molecule is CN(CC1(N(C)C)CCC1)C1CCCC(C)(C)C1N. The largest absolute Gasteiger partial charge is 0.326 e. The summed E-state index contributed by atoms with van der Waals surface area (Å²) in [6, 6.07) is 0.867. The summed E-state index contributed by atoms with van der Waals surface area (Å²) in [7, 11) is 6.75. The highest BCUT2D eigenvalue weighted by atomic mass is 15.2. The van der Waals surface area contributed by atoms with Gasteiger partial charge in [0.25, 0.3) is 0 Å². The van der Waals surface area contributed by atoms with Gasteiger partial charge in [0, 0.05) is 24.2 Å². The maximum absolute atomic E-state index is 6.56. The highest BCUT2D eigenvalue weighted by Crippen LogP contribution is 2.40. The Balaban J connectivity index is 2.01. The predicted octanol–water partition coefficient (Wildman–Crippen LogP) is 2.31. The zero-order valence-corrected chi connectivity index (χ0v) is 13.6. The molecule has 2 aliphatic rings. The van der Waals surface area contributed by atoms with E-state index in [1.807, 2.05) is 0 Å². The molecule has 112 valence electrons. The van der Waals surface area contributed by atoms with Crippen molar-refractivity contribution in [3.8, 4) is 0 Å². The Morgan fingerprint density at radius 3 is 2.16 bits per heavy atom. The van der Waals surface area contributed by atoms with Crippen molar-refractivity contribution >= 4 is 0 Å². The lowest BCUT2D eigenvalue weighted by molar-refractivity contribution is -0.00505. The maximum Gasteiger partial charge on any atom is 0.0330 e. The molecule has 3 nitrogen and oxygen atoms in total. The topological polar surface area (TPSA) is 32.5 Å². The molecule has 0 aliphatic heterocycles. The van der Waals surface area contributed by atoms with Crippen molar-refractivity contribution in [1.82, 2.24) is 9.80 Å². The van der Waals surface area contributed by atoms with Gasteiger partial charge in [-0.15, -0.1) is 0 Å². The van der Waals surface area contributed by atoms with Crippen LogP contribution in [0.15, 0.2) is 0 Å². The van der Waals surface area contributed by atoms with E-state index in [1.54, 1.807) is 0 Å². The third kappa shape index (κ3) is 2.84. The first-order valence-corrected chi connectivity index (χ1v) is 7.92. The first-order chi connectivity index (χ1) is 8.78.